The van der Waals surface area contributed by atoms with Gasteiger partial charge in [0.2, 0.25) is 5.91 Å². The monoisotopic (exact) mass is 309 g/mol. The molecule has 2 fully saturated rings. The van der Waals surface area contributed by atoms with Crippen LogP contribution in [-0.4, -0.2) is 41.1 Å². The van der Waals surface area contributed by atoms with Crippen LogP contribution in [0.1, 0.15) is 30.8 Å². The number of aryl methyl sites for hydroxylation is 1. The Labute approximate surface area is 129 Å². The molecule has 0 radical (unpaired) electrons. The SMILES string of the molecule is Cc1ncsc1CN(C)C(=O)C1(N)C2CCOC2C1(C)C. The molecule has 5 nitrogen and oxygen atoms in total. The fourth-order valence-corrected chi connectivity index (χ4v) is 4.73. The number of amides is 1. The van der Waals surface area contributed by atoms with Crippen LogP contribution in [0.25, 0.3) is 0 Å². The molecule has 2 heterocycles. The zero-order valence-electron chi connectivity index (χ0n) is 13.0. The van der Waals surface area contributed by atoms with Crippen molar-refractivity contribution in [2.45, 2.75) is 45.4 Å². The van der Waals surface area contributed by atoms with Crippen LogP contribution in [0.15, 0.2) is 5.51 Å². The third kappa shape index (κ3) is 1.89. The van der Waals surface area contributed by atoms with Gasteiger partial charge < -0.3 is 15.4 Å². The van der Waals surface area contributed by atoms with Crippen LogP contribution in [0.3, 0.4) is 0 Å². The fourth-order valence-electron chi connectivity index (χ4n) is 3.90. The second-order valence-corrected chi connectivity index (χ2v) is 7.74. The summed E-state index contributed by atoms with van der Waals surface area (Å²) < 4.78 is 5.76. The summed E-state index contributed by atoms with van der Waals surface area (Å²) in [6.45, 7) is 7.34. The van der Waals surface area contributed by atoms with Gasteiger partial charge in [-0.05, 0) is 13.3 Å². The maximum absolute atomic E-state index is 13.0. The number of carbonyl (C=O) groups excluding carboxylic acids is 1. The van der Waals surface area contributed by atoms with Crippen molar-refractivity contribution in [1.29, 1.82) is 0 Å². The average Bonchev–Trinajstić information content (AvgIpc) is 3.06. The van der Waals surface area contributed by atoms with Crippen molar-refractivity contribution in [3.05, 3.63) is 16.1 Å². The van der Waals surface area contributed by atoms with Crippen LogP contribution in [-0.2, 0) is 16.1 Å². The van der Waals surface area contributed by atoms with E-state index in [9.17, 15) is 4.79 Å². The minimum Gasteiger partial charge on any atom is -0.377 e. The van der Waals surface area contributed by atoms with Crippen molar-refractivity contribution in [1.82, 2.24) is 9.88 Å². The lowest BCUT2D eigenvalue weighted by atomic mass is 9.47. The molecule has 2 aliphatic rings. The molecular weight excluding hydrogens is 286 g/mol. The summed E-state index contributed by atoms with van der Waals surface area (Å²) in [4.78, 5) is 20.1. The first-order valence-corrected chi connectivity index (χ1v) is 8.23. The first-order valence-electron chi connectivity index (χ1n) is 7.35. The Morgan fingerprint density at radius 1 is 1.62 bits per heavy atom. The lowest BCUT2D eigenvalue weighted by Crippen LogP contribution is -2.80. The maximum atomic E-state index is 13.0. The minimum absolute atomic E-state index is 0.0204. The Bertz CT molecular complexity index is 571. The first kappa shape index (κ1) is 14.9. The van der Waals surface area contributed by atoms with E-state index in [2.05, 4.69) is 4.98 Å². The number of hydrogen-bond donors (Lipinski definition) is 1. The summed E-state index contributed by atoms with van der Waals surface area (Å²) in [6.07, 6.45) is 0.994. The van der Waals surface area contributed by atoms with E-state index in [1.807, 2.05) is 33.3 Å². The van der Waals surface area contributed by atoms with Crippen LogP contribution in [0.5, 0.6) is 0 Å². The molecule has 0 spiro atoms. The molecule has 1 saturated carbocycles. The number of carbonyl (C=O) groups is 1. The summed E-state index contributed by atoms with van der Waals surface area (Å²) in [5, 5.41) is 0. The predicted octanol–water partition coefficient (Wildman–Crippen LogP) is 1.55. The standard InChI is InChI=1S/C15H23N3O2S/c1-9-11(21-8-17-9)7-18(4)13(19)15(16)10-5-6-20-12(10)14(15,2)3/h8,10,12H,5-7,16H2,1-4H3. The van der Waals surface area contributed by atoms with Crippen LogP contribution >= 0.6 is 11.3 Å². The molecule has 1 aromatic rings. The Balaban J connectivity index is 1.79. The lowest BCUT2D eigenvalue weighted by Gasteiger charge is -2.61. The van der Waals surface area contributed by atoms with Gasteiger partial charge in [-0.2, -0.15) is 0 Å². The van der Waals surface area contributed by atoms with Crippen LogP contribution in [0, 0.1) is 18.3 Å². The zero-order valence-corrected chi connectivity index (χ0v) is 13.9. The summed E-state index contributed by atoms with van der Waals surface area (Å²) in [6, 6.07) is 0. The van der Waals surface area contributed by atoms with Gasteiger partial charge in [-0.25, -0.2) is 4.98 Å². The van der Waals surface area contributed by atoms with E-state index in [1.165, 1.54) is 0 Å². The third-order valence-corrected chi connectivity index (χ3v) is 6.30. The van der Waals surface area contributed by atoms with Gasteiger partial charge in [-0.15, -0.1) is 11.3 Å². The molecule has 1 amide bonds. The molecule has 3 unspecified atom stereocenters. The Morgan fingerprint density at radius 3 is 2.95 bits per heavy atom. The molecule has 0 bridgehead atoms. The number of ether oxygens (including phenoxy) is 1. The topological polar surface area (TPSA) is 68.5 Å². The summed E-state index contributed by atoms with van der Waals surface area (Å²) in [7, 11) is 1.83. The Morgan fingerprint density at radius 2 is 2.33 bits per heavy atom. The Hall–Kier alpha value is -0.980. The third-order valence-electron chi connectivity index (χ3n) is 5.38. The van der Waals surface area contributed by atoms with Gasteiger partial charge in [0.25, 0.3) is 0 Å². The van der Waals surface area contributed by atoms with E-state index in [-0.39, 0.29) is 23.3 Å². The predicted molar refractivity (Wildman–Crippen MR) is 81.9 cm³/mol. The molecule has 6 heteroatoms. The highest BCUT2D eigenvalue weighted by Crippen LogP contribution is 2.58. The van der Waals surface area contributed by atoms with Gasteiger partial charge in [-0.1, -0.05) is 13.8 Å². The number of nitrogens with two attached hydrogens (primary N) is 1. The van der Waals surface area contributed by atoms with Crippen LogP contribution < -0.4 is 5.73 Å². The van der Waals surface area contributed by atoms with Gasteiger partial charge >= 0.3 is 0 Å². The van der Waals surface area contributed by atoms with E-state index in [1.54, 1.807) is 16.2 Å². The lowest BCUT2D eigenvalue weighted by molar-refractivity contribution is -0.183. The van der Waals surface area contributed by atoms with Gasteiger partial charge in [0.1, 0.15) is 5.54 Å². The van der Waals surface area contributed by atoms with Crippen molar-refractivity contribution < 1.29 is 9.53 Å². The molecule has 1 aromatic heterocycles. The highest BCUT2D eigenvalue weighted by atomic mass is 32.1. The van der Waals surface area contributed by atoms with E-state index in [0.29, 0.717) is 13.2 Å². The first-order chi connectivity index (χ1) is 9.80. The van der Waals surface area contributed by atoms with E-state index in [0.717, 1.165) is 17.0 Å². The fraction of sp³-hybridized carbons (Fsp3) is 0.733. The zero-order chi connectivity index (χ0) is 15.4. The average molecular weight is 309 g/mol. The van der Waals surface area contributed by atoms with Gasteiger partial charge in [-0.3, -0.25) is 4.79 Å². The summed E-state index contributed by atoms with van der Waals surface area (Å²) >= 11 is 1.58. The minimum atomic E-state index is -0.818. The quantitative estimate of drug-likeness (QED) is 0.920. The van der Waals surface area contributed by atoms with Gasteiger partial charge in [0, 0.05) is 29.9 Å². The number of nitrogens with zero attached hydrogens (tertiary/aromatic N) is 2. The molecule has 1 aliphatic carbocycles. The van der Waals surface area contributed by atoms with Crippen molar-refractivity contribution in [2.75, 3.05) is 13.7 Å². The smallest absolute Gasteiger partial charge is 0.243 e. The largest absolute Gasteiger partial charge is 0.377 e. The van der Waals surface area contributed by atoms with Crippen LogP contribution in [0.4, 0.5) is 0 Å². The van der Waals surface area contributed by atoms with Gasteiger partial charge in [0.05, 0.1) is 23.9 Å². The second kappa shape index (κ2) is 4.76. The number of aromatic nitrogens is 1. The Kier molecular flexibility index (Phi) is 3.39. The van der Waals surface area contributed by atoms with Crippen molar-refractivity contribution in [3.63, 3.8) is 0 Å². The van der Waals surface area contributed by atoms with Crippen molar-refractivity contribution in [3.8, 4) is 0 Å². The number of rotatable bonds is 3. The number of fused-ring (bicyclic) bond motifs is 1. The van der Waals surface area contributed by atoms with E-state index in [4.69, 9.17) is 10.5 Å². The second-order valence-electron chi connectivity index (χ2n) is 6.80. The van der Waals surface area contributed by atoms with Gasteiger partial charge in [0.15, 0.2) is 0 Å². The molecule has 1 saturated heterocycles. The molecule has 1 aliphatic heterocycles. The summed E-state index contributed by atoms with van der Waals surface area (Å²) in [5.41, 5.74) is 8.26. The molecule has 2 N–H and O–H groups in total. The number of hydrogen-bond acceptors (Lipinski definition) is 5. The molecule has 0 aromatic carbocycles. The number of thiazole rings is 1. The van der Waals surface area contributed by atoms with E-state index < -0.39 is 5.54 Å². The number of likely N-dealkylation sites (N-methyl/N-ethyl adjacent to an activating group) is 1. The highest BCUT2D eigenvalue weighted by molar-refractivity contribution is 7.09. The van der Waals surface area contributed by atoms with Crippen LogP contribution in [0.2, 0.25) is 0 Å². The van der Waals surface area contributed by atoms with E-state index >= 15 is 0 Å². The molecule has 3 rings (SSSR count). The summed E-state index contributed by atoms with van der Waals surface area (Å²) in [5.74, 6) is 0.164. The van der Waals surface area contributed by atoms with Crippen molar-refractivity contribution >= 4 is 17.2 Å². The highest BCUT2D eigenvalue weighted by Gasteiger charge is 2.71. The maximum Gasteiger partial charge on any atom is 0.243 e. The molecule has 116 valence electrons. The normalized spacial score (nSPS) is 33.4. The molecule has 21 heavy (non-hydrogen) atoms. The van der Waals surface area contributed by atoms with Crippen molar-refractivity contribution in [2.24, 2.45) is 17.1 Å². The molecule has 3 atom stereocenters. The molecular formula is C15H23N3O2S.